The molecule has 2 aromatic rings. The lowest BCUT2D eigenvalue weighted by Gasteiger charge is -2.29. The summed E-state index contributed by atoms with van der Waals surface area (Å²) in [5, 5.41) is 3.01. The van der Waals surface area contributed by atoms with Crippen LogP contribution in [0.1, 0.15) is 55.6 Å². The summed E-state index contributed by atoms with van der Waals surface area (Å²) in [6.45, 7) is 6.39. The standard InChI is InChI=1S/C23H30N2O3/c1-5-17(2)25(23(27)20-11-13-21(28-4)14-12-20)16-15-22(26)24-18(3)19-9-7-6-8-10-19/h6-14,17-18H,5,15-16H2,1-4H3,(H,24,26). The summed E-state index contributed by atoms with van der Waals surface area (Å²) >= 11 is 0. The molecule has 0 saturated heterocycles. The summed E-state index contributed by atoms with van der Waals surface area (Å²) in [7, 11) is 1.59. The largest absolute Gasteiger partial charge is 0.497 e. The lowest BCUT2D eigenvalue weighted by molar-refractivity contribution is -0.122. The summed E-state index contributed by atoms with van der Waals surface area (Å²) in [5.41, 5.74) is 1.66. The number of hydrogen-bond donors (Lipinski definition) is 1. The van der Waals surface area contributed by atoms with Gasteiger partial charge in [-0.05, 0) is 50.1 Å². The van der Waals surface area contributed by atoms with Crippen molar-refractivity contribution in [2.45, 2.75) is 45.7 Å². The minimum atomic E-state index is -0.0686. The summed E-state index contributed by atoms with van der Waals surface area (Å²) in [6, 6.07) is 16.9. The zero-order valence-electron chi connectivity index (χ0n) is 17.1. The Morgan fingerprint density at radius 3 is 2.25 bits per heavy atom. The number of benzene rings is 2. The molecule has 2 rings (SSSR count). The van der Waals surface area contributed by atoms with Gasteiger partial charge in [0.2, 0.25) is 5.91 Å². The number of nitrogens with one attached hydrogen (secondary N) is 1. The average Bonchev–Trinajstić information content (AvgIpc) is 2.74. The van der Waals surface area contributed by atoms with E-state index >= 15 is 0 Å². The molecule has 5 heteroatoms. The smallest absolute Gasteiger partial charge is 0.254 e. The molecule has 150 valence electrons. The minimum absolute atomic E-state index is 0.0500. The van der Waals surface area contributed by atoms with Crippen LogP contribution in [-0.2, 0) is 4.79 Å². The quantitative estimate of drug-likeness (QED) is 0.707. The lowest BCUT2D eigenvalue weighted by Crippen LogP contribution is -2.41. The second-order valence-electron chi connectivity index (χ2n) is 6.93. The topological polar surface area (TPSA) is 58.6 Å². The molecule has 0 aliphatic carbocycles. The first-order valence-corrected chi connectivity index (χ1v) is 9.75. The van der Waals surface area contributed by atoms with Crippen LogP contribution in [0.2, 0.25) is 0 Å². The Kier molecular flexibility index (Phi) is 8.05. The van der Waals surface area contributed by atoms with Crippen molar-refractivity contribution >= 4 is 11.8 Å². The van der Waals surface area contributed by atoms with Gasteiger partial charge in [0.25, 0.3) is 5.91 Å². The Balaban J connectivity index is 1.99. The van der Waals surface area contributed by atoms with Gasteiger partial charge in [-0.2, -0.15) is 0 Å². The van der Waals surface area contributed by atoms with Crippen molar-refractivity contribution in [3.8, 4) is 5.75 Å². The molecule has 2 atom stereocenters. The monoisotopic (exact) mass is 382 g/mol. The van der Waals surface area contributed by atoms with E-state index in [4.69, 9.17) is 4.74 Å². The van der Waals surface area contributed by atoms with Gasteiger partial charge in [0.05, 0.1) is 13.2 Å². The van der Waals surface area contributed by atoms with E-state index in [1.807, 2.05) is 51.1 Å². The van der Waals surface area contributed by atoms with Crippen molar-refractivity contribution in [3.63, 3.8) is 0 Å². The zero-order chi connectivity index (χ0) is 20.5. The second kappa shape index (κ2) is 10.5. The number of carbonyl (C=O) groups excluding carboxylic acids is 2. The average molecular weight is 383 g/mol. The maximum Gasteiger partial charge on any atom is 0.254 e. The number of hydrogen-bond acceptors (Lipinski definition) is 3. The van der Waals surface area contributed by atoms with Gasteiger partial charge in [-0.1, -0.05) is 37.3 Å². The molecule has 0 aromatic heterocycles. The molecule has 0 radical (unpaired) electrons. The molecule has 2 aromatic carbocycles. The Hall–Kier alpha value is -2.82. The summed E-state index contributed by atoms with van der Waals surface area (Å²) in [4.78, 5) is 27.1. The number of rotatable bonds is 9. The molecule has 5 nitrogen and oxygen atoms in total. The predicted octanol–water partition coefficient (Wildman–Crippen LogP) is 4.20. The van der Waals surface area contributed by atoms with E-state index in [0.717, 1.165) is 12.0 Å². The number of amides is 2. The van der Waals surface area contributed by atoms with E-state index in [9.17, 15) is 9.59 Å². The van der Waals surface area contributed by atoms with Crippen LogP contribution >= 0.6 is 0 Å². The number of carbonyl (C=O) groups is 2. The van der Waals surface area contributed by atoms with Gasteiger partial charge >= 0.3 is 0 Å². The third kappa shape index (κ3) is 5.84. The Morgan fingerprint density at radius 2 is 1.68 bits per heavy atom. The van der Waals surface area contributed by atoms with E-state index in [1.54, 1.807) is 36.3 Å². The highest BCUT2D eigenvalue weighted by Gasteiger charge is 2.21. The van der Waals surface area contributed by atoms with Gasteiger partial charge in [0, 0.05) is 24.6 Å². The maximum atomic E-state index is 13.0. The van der Waals surface area contributed by atoms with E-state index < -0.39 is 0 Å². The zero-order valence-corrected chi connectivity index (χ0v) is 17.1. The van der Waals surface area contributed by atoms with Crippen molar-refractivity contribution < 1.29 is 14.3 Å². The van der Waals surface area contributed by atoms with Crippen LogP contribution in [0.15, 0.2) is 54.6 Å². The molecule has 0 aliphatic rings. The van der Waals surface area contributed by atoms with Crippen LogP contribution in [-0.4, -0.2) is 36.4 Å². The molecule has 0 saturated carbocycles. The predicted molar refractivity (Wildman–Crippen MR) is 111 cm³/mol. The molecule has 0 spiro atoms. The SMILES string of the molecule is CCC(C)N(CCC(=O)NC(C)c1ccccc1)C(=O)c1ccc(OC)cc1. The summed E-state index contributed by atoms with van der Waals surface area (Å²) in [5.74, 6) is 0.578. The van der Waals surface area contributed by atoms with Crippen molar-refractivity contribution in [2.75, 3.05) is 13.7 Å². The highest BCUT2D eigenvalue weighted by atomic mass is 16.5. The van der Waals surface area contributed by atoms with Crippen LogP contribution < -0.4 is 10.1 Å². The summed E-state index contributed by atoms with van der Waals surface area (Å²) in [6.07, 6.45) is 1.09. The normalized spacial score (nSPS) is 12.7. The van der Waals surface area contributed by atoms with Crippen molar-refractivity contribution in [1.82, 2.24) is 10.2 Å². The van der Waals surface area contributed by atoms with Crippen molar-refractivity contribution in [3.05, 3.63) is 65.7 Å². The highest BCUT2D eigenvalue weighted by Crippen LogP contribution is 2.16. The fourth-order valence-corrected chi connectivity index (χ4v) is 3.00. The van der Waals surface area contributed by atoms with E-state index in [1.165, 1.54) is 0 Å². The van der Waals surface area contributed by atoms with Crippen LogP contribution in [0, 0.1) is 0 Å². The van der Waals surface area contributed by atoms with Gasteiger partial charge in [-0.15, -0.1) is 0 Å². The van der Waals surface area contributed by atoms with Crippen LogP contribution in [0.3, 0.4) is 0 Å². The first kappa shape index (κ1) is 21.5. The fourth-order valence-electron chi connectivity index (χ4n) is 3.00. The Bertz CT molecular complexity index is 759. The third-order valence-corrected chi connectivity index (χ3v) is 4.98. The molecule has 2 unspecified atom stereocenters. The molecule has 0 heterocycles. The van der Waals surface area contributed by atoms with Crippen LogP contribution in [0.5, 0.6) is 5.75 Å². The van der Waals surface area contributed by atoms with E-state index in [2.05, 4.69) is 5.32 Å². The van der Waals surface area contributed by atoms with E-state index in [-0.39, 0.29) is 30.3 Å². The lowest BCUT2D eigenvalue weighted by atomic mass is 10.1. The molecular formula is C23H30N2O3. The minimum Gasteiger partial charge on any atom is -0.497 e. The highest BCUT2D eigenvalue weighted by molar-refractivity contribution is 5.94. The fraction of sp³-hybridized carbons (Fsp3) is 0.391. The van der Waals surface area contributed by atoms with Gasteiger partial charge in [0.15, 0.2) is 0 Å². The first-order chi connectivity index (χ1) is 13.5. The van der Waals surface area contributed by atoms with Gasteiger partial charge in [-0.3, -0.25) is 9.59 Å². The molecule has 2 amide bonds. The first-order valence-electron chi connectivity index (χ1n) is 9.75. The number of methoxy groups -OCH3 is 1. The molecule has 28 heavy (non-hydrogen) atoms. The third-order valence-electron chi connectivity index (χ3n) is 4.98. The number of ether oxygens (including phenoxy) is 1. The molecule has 0 aliphatic heterocycles. The van der Waals surface area contributed by atoms with Gasteiger partial charge in [-0.25, -0.2) is 0 Å². The van der Waals surface area contributed by atoms with Crippen molar-refractivity contribution in [1.29, 1.82) is 0 Å². The molecule has 0 bridgehead atoms. The molecule has 0 fully saturated rings. The maximum absolute atomic E-state index is 13.0. The van der Waals surface area contributed by atoms with Crippen LogP contribution in [0.25, 0.3) is 0 Å². The molecule has 1 N–H and O–H groups in total. The molecular weight excluding hydrogens is 352 g/mol. The number of nitrogens with zero attached hydrogens (tertiary/aromatic N) is 1. The Morgan fingerprint density at radius 1 is 1.04 bits per heavy atom. The van der Waals surface area contributed by atoms with E-state index in [0.29, 0.717) is 17.9 Å². The van der Waals surface area contributed by atoms with Gasteiger partial charge in [0.1, 0.15) is 5.75 Å². The Labute approximate surface area is 167 Å². The van der Waals surface area contributed by atoms with Crippen LogP contribution in [0.4, 0.5) is 0 Å². The van der Waals surface area contributed by atoms with Crippen molar-refractivity contribution in [2.24, 2.45) is 0 Å². The summed E-state index contributed by atoms with van der Waals surface area (Å²) < 4.78 is 5.15. The van der Waals surface area contributed by atoms with Gasteiger partial charge < -0.3 is 15.0 Å². The second-order valence-corrected chi connectivity index (χ2v) is 6.93.